The number of amides is 1. The molecule has 0 aromatic carbocycles. The fourth-order valence-corrected chi connectivity index (χ4v) is 1.04. The molecule has 0 aliphatic heterocycles. The molecule has 0 radical (unpaired) electrons. The summed E-state index contributed by atoms with van der Waals surface area (Å²) in [5.74, 6) is 0.871. The largest absolute Gasteiger partial charge is 0.355 e. The molecule has 94 valence electrons. The maximum absolute atomic E-state index is 11.3. The maximum atomic E-state index is 11.3. The molecule has 0 aromatic rings. The first-order valence-corrected chi connectivity index (χ1v) is 5.72. The van der Waals surface area contributed by atoms with Gasteiger partial charge >= 0.3 is 0 Å². The number of hydrogen-bond acceptors (Lipinski definition) is 2. The Kier molecular flexibility index (Phi) is 7.33. The van der Waals surface area contributed by atoms with E-state index < -0.39 is 0 Å². The van der Waals surface area contributed by atoms with Gasteiger partial charge in [-0.05, 0) is 13.8 Å². The van der Waals surface area contributed by atoms with Crippen LogP contribution in [0.5, 0.6) is 0 Å². The van der Waals surface area contributed by atoms with E-state index in [1.807, 2.05) is 27.7 Å². The summed E-state index contributed by atoms with van der Waals surface area (Å²) < 4.78 is 0. The lowest BCUT2D eigenvalue weighted by Gasteiger charge is -2.14. The maximum Gasteiger partial charge on any atom is 0.222 e. The molecule has 0 fully saturated rings. The van der Waals surface area contributed by atoms with Crippen LogP contribution in [0.3, 0.4) is 0 Å². The van der Waals surface area contributed by atoms with Gasteiger partial charge in [0.05, 0.1) is 0 Å². The van der Waals surface area contributed by atoms with Crippen LogP contribution in [0.4, 0.5) is 0 Å². The van der Waals surface area contributed by atoms with Gasteiger partial charge in [-0.15, -0.1) is 0 Å². The van der Waals surface area contributed by atoms with Crippen molar-refractivity contribution in [1.29, 1.82) is 0 Å². The van der Waals surface area contributed by atoms with Gasteiger partial charge in [0.1, 0.15) is 0 Å². The molecule has 5 heteroatoms. The van der Waals surface area contributed by atoms with E-state index >= 15 is 0 Å². The average molecular weight is 228 g/mol. The number of nitrogens with one attached hydrogen (secondary N) is 3. The lowest BCUT2D eigenvalue weighted by molar-refractivity contribution is -0.123. The summed E-state index contributed by atoms with van der Waals surface area (Å²) in [6, 6.07) is 0.344. The molecule has 3 N–H and O–H groups in total. The number of rotatable bonds is 5. The van der Waals surface area contributed by atoms with E-state index in [1.54, 1.807) is 7.05 Å². The van der Waals surface area contributed by atoms with Crippen molar-refractivity contribution < 1.29 is 4.79 Å². The summed E-state index contributed by atoms with van der Waals surface area (Å²) in [5.41, 5.74) is 0. The summed E-state index contributed by atoms with van der Waals surface area (Å²) in [7, 11) is 1.73. The summed E-state index contributed by atoms with van der Waals surface area (Å²) in [5, 5.41) is 9.12. The van der Waals surface area contributed by atoms with Gasteiger partial charge in [0.15, 0.2) is 5.96 Å². The SMILES string of the molecule is CN=C(NCCNC(=O)C(C)C)NC(C)C. The highest BCUT2D eigenvalue weighted by Crippen LogP contribution is 1.88. The lowest BCUT2D eigenvalue weighted by Crippen LogP contribution is -2.44. The van der Waals surface area contributed by atoms with E-state index in [9.17, 15) is 4.79 Å². The molecule has 0 aliphatic rings. The van der Waals surface area contributed by atoms with Gasteiger partial charge in [0.25, 0.3) is 0 Å². The summed E-state index contributed by atoms with van der Waals surface area (Å²) in [6.07, 6.45) is 0. The molecule has 0 rings (SSSR count). The number of nitrogens with zero attached hydrogens (tertiary/aromatic N) is 1. The second-order valence-corrected chi connectivity index (χ2v) is 4.24. The van der Waals surface area contributed by atoms with Gasteiger partial charge in [-0.25, -0.2) is 0 Å². The van der Waals surface area contributed by atoms with E-state index in [1.165, 1.54) is 0 Å². The van der Waals surface area contributed by atoms with Crippen LogP contribution in [0.1, 0.15) is 27.7 Å². The average Bonchev–Trinajstić information content (AvgIpc) is 2.21. The molecule has 5 nitrogen and oxygen atoms in total. The summed E-state index contributed by atoms with van der Waals surface area (Å²) in [6.45, 7) is 9.13. The zero-order valence-electron chi connectivity index (χ0n) is 10.9. The molecule has 0 aromatic heterocycles. The van der Waals surface area contributed by atoms with E-state index in [0.717, 1.165) is 5.96 Å². The normalized spacial score (nSPS) is 11.8. The second-order valence-electron chi connectivity index (χ2n) is 4.24. The topological polar surface area (TPSA) is 65.5 Å². The quantitative estimate of drug-likeness (QED) is 0.361. The van der Waals surface area contributed by atoms with E-state index in [-0.39, 0.29) is 11.8 Å². The van der Waals surface area contributed by atoms with Gasteiger partial charge in [-0.2, -0.15) is 0 Å². The number of guanidine groups is 1. The minimum atomic E-state index is 0.0353. The van der Waals surface area contributed by atoms with Gasteiger partial charge in [0.2, 0.25) is 5.91 Å². The van der Waals surface area contributed by atoms with Crippen molar-refractivity contribution in [2.75, 3.05) is 20.1 Å². The highest BCUT2D eigenvalue weighted by molar-refractivity contribution is 5.80. The van der Waals surface area contributed by atoms with Crippen molar-refractivity contribution in [1.82, 2.24) is 16.0 Å². The van der Waals surface area contributed by atoms with E-state index in [4.69, 9.17) is 0 Å². The third-order valence-electron chi connectivity index (χ3n) is 1.89. The van der Waals surface area contributed by atoms with E-state index in [0.29, 0.717) is 19.1 Å². The van der Waals surface area contributed by atoms with Crippen LogP contribution < -0.4 is 16.0 Å². The molecule has 16 heavy (non-hydrogen) atoms. The first-order valence-electron chi connectivity index (χ1n) is 5.72. The number of aliphatic imine (C=N–C) groups is 1. The third kappa shape index (κ3) is 7.09. The number of carbonyl (C=O) groups excluding carboxylic acids is 1. The number of hydrogen-bond donors (Lipinski definition) is 3. The Bertz CT molecular complexity index is 236. The molecule has 0 aliphatic carbocycles. The first-order chi connectivity index (χ1) is 7.47. The molecule has 0 saturated carbocycles. The van der Waals surface area contributed by atoms with Gasteiger partial charge < -0.3 is 16.0 Å². The zero-order valence-corrected chi connectivity index (χ0v) is 10.9. The molecule has 1 amide bonds. The van der Waals surface area contributed by atoms with Crippen molar-refractivity contribution in [3.05, 3.63) is 0 Å². The molecule has 0 heterocycles. The Balaban J connectivity index is 3.68. The van der Waals surface area contributed by atoms with Crippen molar-refractivity contribution in [3.63, 3.8) is 0 Å². The Morgan fingerprint density at radius 1 is 1.12 bits per heavy atom. The molecular formula is C11H24N4O. The fraction of sp³-hybridized carbons (Fsp3) is 0.818. The van der Waals surface area contributed by atoms with Crippen LogP contribution in [-0.4, -0.2) is 38.0 Å². The summed E-state index contributed by atoms with van der Waals surface area (Å²) in [4.78, 5) is 15.3. The lowest BCUT2D eigenvalue weighted by atomic mass is 10.2. The Morgan fingerprint density at radius 3 is 2.12 bits per heavy atom. The highest BCUT2D eigenvalue weighted by atomic mass is 16.1. The fourth-order valence-electron chi connectivity index (χ4n) is 1.04. The molecule has 0 saturated heterocycles. The monoisotopic (exact) mass is 228 g/mol. The predicted molar refractivity (Wildman–Crippen MR) is 67.5 cm³/mol. The summed E-state index contributed by atoms with van der Waals surface area (Å²) >= 11 is 0. The van der Waals surface area contributed by atoms with Gasteiger partial charge in [-0.1, -0.05) is 13.8 Å². The smallest absolute Gasteiger partial charge is 0.222 e. The van der Waals surface area contributed by atoms with Crippen molar-refractivity contribution >= 4 is 11.9 Å². The number of carbonyl (C=O) groups is 1. The Hall–Kier alpha value is -1.26. The third-order valence-corrected chi connectivity index (χ3v) is 1.89. The second kappa shape index (κ2) is 7.96. The van der Waals surface area contributed by atoms with Crippen LogP contribution in [0.25, 0.3) is 0 Å². The molecular weight excluding hydrogens is 204 g/mol. The van der Waals surface area contributed by atoms with Crippen molar-refractivity contribution in [2.24, 2.45) is 10.9 Å². The Labute approximate surface area is 98.1 Å². The van der Waals surface area contributed by atoms with Crippen LogP contribution in [0, 0.1) is 5.92 Å². The van der Waals surface area contributed by atoms with Crippen molar-refractivity contribution in [3.8, 4) is 0 Å². The highest BCUT2D eigenvalue weighted by Gasteiger charge is 2.05. The zero-order chi connectivity index (χ0) is 12.6. The van der Waals surface area contributed by atoms with Gasteiger partial charge in [0, 0.05) is 32.1 Å². The van der Waals surface area contributed by atoms with Gasteiger partial charge in [-0.3, -0.25) is 9.79 Å². The first kappa shape index (κ1) is 14.7. The van der Waals surface area contributed by atoms with E-state index in [2.05, 4.69) is 20.9 Å². The minimum absolute atomic E-state index is 0.0353. The minimum Gasteiger partial charge on any atom is -0.355 e. The standard InChI is InChI=1S/C11H24N4O/c1-8(2)10(16)13-6-7-14-11(12-5)15-9(3)4/h8-9H,6-7H2,1-5H3,(H,13,16)(H2,12,14,15). The predicted octanol–water partition coefficient (Wildman–Crippen LogP) is 0.332. The Morgan fingerprint density at radius 2 is 1.69 bits per heavy atom. The molecule has 0 spiro atoms. The molecule has 0 bridgehead atoms. The van der Waals surface area contributed by atoms with Crippen LogP contribution in [-0.2, 0) is 4.79 Å². The molecule has 0 unspecified atom stereocenters. The molecule has 0 atom stereocenters. The van der Waals surface area contributed by atoms with Crippen molar-refractivity contribution in [2.45, 2.75) is 33.7 Å². The van der Waals surface area contributed by atoms with Crippen LogP contribution >= 0.6 is 0 Å². The van der Waals surface area contributed by atoms with Crippen LogP contribution in [0.15, 0.2) is 4.99 Å². The van der Waals surface area contributed by atoms with Crippen LogP contribution in [0.2, 0.25) is 0 Å².